The second-order valence-corrected chi connectivity index (χ2v) is 6.85. The molecule has 1 aliphatic rings. The Balaban J connectivity index is 0.00000243. The lowest BCUT2D eigenvalue weighted by Crippen LogP contribution is -2.42. The molecular weight excluding hydrogens is 348 g/mol. The summed E-state index contributed by atoms with van der Waals surface area (Å²) < 4.78 is 5.87. The van der Waals surface area contributed by atoms with Crippen LogP contribution in [0.25, 0.3) is 0 Å². The van der Waals surface area contributed by atoms with E-state index in [1.807, 2.05) is 30.3 Å². The van der Waals surface area contributed by atoms with Crippen LogP contribution in [0, 0.1) is 12.8 Å². The average molecular weight is 375 g/mol. The highest BCUT2D eigenvalue weighted by Gasteiger charge is 2.31. The molecule has 5 heteroatoms. The normalized spacial score (nSPS) is 14.2. The van der Waals surface area contributed by atoms with Gasteiger partial charge >= 0.3 is 0 Å². The van der Waals surface area contributed by atoms with Gasteiger partial charge in [-0.3, -0.25) is 4.79 Å². The predicted octanol–water partition coefficient (Wildman–Crippen LogP) is 3.39. The molecule has 0 radical (unpaired) electrons. The van der Waals surface area contributed by atoms with Crippen LogP contribution in [-0.4, -0.2) is 18.5 Å². The van der Waals surface area contributed by atoms with Crippen LogP contribution in [0.15, 0.2) is 48.5 Å². The second-order valence-electron chi connectivity index (χ2n) is 6.85. The van der Waals surface area contributed by atoms with Crippen molar-refractivity contribution in [3.63, 3.8) is 0 Å². The number of benzene rings is 2. The van der Waals surface area contributed by atoms with E-state index < -0.39 is 0 Å². The molecule has 0 spiro atoms. The third-order valence-corrected chi connectivity index (χ3v) is 4.54. The highest BCUT2D eigenvalue weighted by atomic mass is 35.5. The Kier molecular flexibility index (Phi) is 7.49. The van der Waals surface area contributed by atoms with Gasteiger partial charge in [0.05, 0.1) is 6.42 Å². The van der Waals surface area contributed by atoms with Gasteiger partial charge in [-0.25, -0.2) is 0 Å². The molecule has 0 heterocycles. The number of carbonyl (C=O) groups excluding carboxylic acids is 1. The van der Waals surface area contributed by atoms with Crippen LogP contribution in [0.4, 0.5) is 0 Å². The molecule has 0 aromatic heterocycles. The standard InChI is InChI=1S/C21H26N2O2.ClH/c1-15-4-2-6-17(10-15)14-25-19-7-3-5-16(11-19)12-21(24)23-20(13-22)18-8-9-18;/h2-7,10-11,18,20H,8-9,12-14,22H2,1H3,(H,23,24);1H. The van der Waals surface area contributed by atoms with Crippen LogP contribution in [0.5, 0.6) is 5.75 Å². The van der Waals surface area contributed by atoms with E-state index >= 15 is 0 Å². The fourth-order valence-corrected chi connectivity index (χ4v) is 3.02. The lowest BCUT2D eigenvalue weighted by Gasteiger charge is -2.16. The van der Waals surface area contributed by atoms with Crippen molar-refractivity contribution in [2.45, 2.75) is 38.8 Å². The fraction of sp³-hybridized carbons (Fsp3) is 0.381. The van der Waals surface area contributed by atoms with Crippen LogP contribution in [-0.2, 0) is 17.8 Å². The van der Waals surface area contributed by atoms with E-state index in [0.29, 0.717) is 25.5 Å². The minimum Gasteiger partial charge on any atom is -0.489 e. The van der Waals surface area contributed by atoms with Gasteiger partial charge in [0.1, 0.15) is 12.4 Å². The zero-order valence-electron chi connectivity index (χ0n) is 15.1. The van der Waals surface area contributed by atoms with Crippen LogP contribution in [0.2, 0.25) is 0 Å². The minimum atomic E-state index is 0. The molecule has 3 rings (SSSR count). The molecule has 1 fully saturated rings. The van der Waals surface area contributed by atoms with Crippen molar-refractivity contribution in [3.8, 4) is 5.75 Å². The zero-order valence-corrected chi connectivity index (χ0v) is 15.9. The number of hydrogen-bond donors (Lipinski definition) is 2. The number of carbonyl (C=O) groups is 1. The number of rotatable bonds is 8. The number of hydrogen-bond acceptors (Lipinski definition) is 3. The Labute approximate surface area is 161 Å². The molecular formula is C21H27ClN2O2. The van der Waals surface area contributed by atoms with Gasteiger partial charge in [-0.2, -0.15) is 0 Å². The van der Waals surface area contributed by atoms with E-state index in [9.17, 15) is 4.79 Å². The molecule has 140 valence electrons. The molecule has 2 aromatic rings. The maximum Gasteiger partial charge on any atom is 0.224 e. The van der Waals surface area contributed by atoms with Crippen LogP contribution in [0.3, 0.4) is 0 Å². The number of amides is 1. The predicted molar refractivity (Wildman–Crippen MR) is 107 cm³/mol. The maximum atomic E-state index is 12.2. The van der Waals surface area contributed by atoms with Gasteiger partial charge in [-0.05, 0) is 48.9 Å². The van der Waals surface area contributed by atoms with Crippen LogP contribution >= 0.6 is 12.4 Å². The summed E-state index contributed by atoms with van der Waals surface area (Å²) in [5.41, 5.74) is 9.06. The molecule has 1 aliphatic carbocycles. The van der Waals surface area contributed by atoms with E-state index in [1.54, 1.807) is 0 Å². The molecule has 1 saturated carbocycles. The zero-order chi connectivity index (χ0) is 17.6. The van der Waals surface area contributed by atoms with Gasteiger partial charge in [0.25, 0.3) is 0 Å². The van der Waals surface area contributed by atoms with Crippen molar-refractivity contribution >= 4 is 18.3 Å². The molecule has 3 N–H and O–H groups in total. The molecule has 1 unspecified atom stereocenters. The highest BCUT2D eigenvalue weighted by Crippen LogP contribution is 2.32. The summed E-state index contributed by atoms with van der Waals surface area (Å²) in [5.74, 6) is 1.38. The Bertz CT molecular complexity index is 731. The Morgan fingerprint density at radius 3 is 2.62 bits per heavy atom. The molecule has 26 heavy (non-hydrogen) atoms. The first-order chi connectivity index (χ1) is 12.1. The van der Waals surface area contributed by atoms with Crippen molar-refractivity contribution in [1.29, 1.82) is 0 Å². The van der Waals surface area contributed by atoms with Crippen LogP contribution < -0.4 is 15.8 Å². The molecule has 0 bridgehead atoms. The van der Waals surface area contributed by atoms with Crippen molar-refractivity contribution in [2.75, 3.05) is 6.54 Å². The summed E-state index contributed by atoms with van der Waals surface area (Å²) in [5, 5.41) is 3.06. The van der Waals surface area contributed by atoms with Gasteiger partial charge in [-0.1, -0.05) is 42.0 Å². The van der Waals surface area contributed by atoms with Crippen molar-refractivity contribution < 1.29 is 9.53 Å². The average Bonchev–Trinajstić information content (AvgIpc) is 3.43. The molecule has 1 atom stereocenters. The summed E-state index contributed by atoms with van der Waals surface area (Å²) in [4.78, 5) is 12.2. The van der Waals surface area contributed by atoms with Crippen LogP contribution in [0.1, 0.15) is 29.5 Å². The third-order valence-electron chi connectivity index (χ3n) is 4.54. The molecule has 0 aliphatic heterocycles. The van der Waals surface area contributed by atoms with Crippen molar-refractivity contribution in [3.05, 3.63) is 65.2 Å². The van der Waals surface area contributed by atoms with E-state index in [1.165, 1.54) is 18.4 Å². The summed E-state index contributed by atoms with van der Waals surface area (Å²) >= 11 is 0. The number of ether oxygens (including phenoxy) is 1. The summed E-state index contributed by atoms with van der Waals surface area (Å²) in [6.07, 6.45) is 2.69. The number of nitrogens with one attached hydrogen (secondary N) is 1. The highest BCUT2D eigenvalue weighted by molar-refractivity contribution is 5.85. The summed E-state index contributed by atoms with van der Waals surface area (Å²) in [7, 11) is 0. The maximum absolute atomic E-state index is 12.2. The lowest BCUT2D eigenvalue weighted by atomic mass is 10.1. The van der Waals surface area contributed by atoms with E-state index in [-0.39, 0.29) is 24.4 Å². The van der Waals surface area contributed by atoms with Crippen molar-refractivity contribution in [2.24, 2.45) is 11.7 Å². The minimum absolute atomic E-state index is 0. The Morgan fingerprint density at radius 2 is 1.92 bits per heavy atom. The third kappa shape index (κ3) is 6.04. The molecule has 4 nitrogen and oxygen atoms in total. The quantitative estimate of drug-likeness (QED) is 0.744. The monoisotopic (exact) mass is 374 g/mol. The van der Waals surface area contributed by atoms with Gasteiger partial charge in [0, 0.05) is 12.6 Å². The first kappa shape index (κ1) is 20.3. The number of nitrogens with two attached hydrogens (primary N) is 1. The Morgan fingerprint density at radius 1 is 1.19 bits per heavy atom. The molecule has 2 aromatic carbocycles. The van der Waals surface area contributed by atoms with Crippen molar-refractivity contribution in [1.82, 2.24) is 5.32 Å². The second kappa shape index (κ2) is 9.60. The van der Waals surface area contributed by atoms with E-state index in [2.05, 4.69) is 30.4 Å². The number of aryl methyl sites for hydroxylation is 1. The smallest absolute Gasteiger partial charge is 0.224 e. The first-order valence-corrected chi connectivity index (χ1v) is 8.91. The van der Waals surface area contributed by atoms with Gasteiger partial charge in [-0.15, -0.1) is 12.4 Å². The molecule has 1 amide bonds. The fourth-order valence-electron chi connectivity index (χ4n) is 3.02. The molecule has 0 saturated heterocycles. The number of halogens is 1. The largest absolute Gasteiger partial charge is 0.489 e. The Hall–Kier alpha value is -2.04. The van der Waals surface area contributed by atoms with Gasteiger partial charge in [0.2, 0.25) is 5.91 Å². The summed E-state index contributed by atoms with van der Waals surface area (Å²) in [6.45, 7) is 3.10. The van der Waals surface area contributed by atoms with Gasteiger partial charge in [0.15, 0.2) is 0 Å². The lowest BCUT2D eigenvalue weighted by molar-refractivity contribution is -0.121. The first-order valence-electron chi connectivity index (χ1n) is 8.91. The topological polar surface area (TPSA) is 64.3 Å². The summed E-state index contributed by atoms with van der Waals surface area (Å²) in [6, 6.07) is 16.1. The SMILES string of the molecule is Cc1cccc(COc2cccc(CC(=O)NC(CN)C3CC3)c2)c1.Cl. The van der Waals surface area contributed by atoms with E-state index in [4.69, 9.17) is 10.5 Å². The van der Waals surface area contributed by atoms with Gasteiger partial charge < -0.3 is 15.8 Å². The van der Waals surface area contributed by atoms with E-state index in [0.717, 1.165) is 16.9 Å².